The van der Waals surface area contributed by atoms with Crippen molar-refractivity contribution in [3.8, 4) is 0 Å². The molecule has 1 atom stereocenters. The summed E-state index contributed by atoms with van der Waals surface area (Å²) in [5.41, 5.74) is 8.51. The van der Waals surface area contributed by atoms with Gasteiger partial charge in [-0.3, -0.25) is 0 Å². The van der Waals surface area contributed by atoms with Gasteiger partial charge in [0.2, 0.25) is 0 Å². The van der Waals surface area contributed by atoms with Gasteiger partial charge in [-0.05, 0) is 36.2 Å². The van der Waals surface area contributed by atoms with Crippen molar-refractivity contribution in [3.63, 3.8) is 0 Å². The van der Waals surface area contributed by atoms with Crippen LogP contribution in [0.2, 0.25) is 0 Å². The van der Waals surface area contributed by atoms with E-state index < -0.39 is 6.04 Å². The largest absolute Gasteiger partial charge is 0.456 e. The molecule has 0 bridgehead atoms. The maximum atomic E-state index is 13.6. The van der Waals surface area contributed by atoms with Crippen LogP contribution >= 0.6 is 15.9 Å². The fraction of sp³-hybridized carbons (Fsp3) is 0.125. The minimum Gasteiger partial charge on any atom is -0.456 e. The van der Waals surface area contributed by atoms with E-state index in [-0.39, 0.29) is 11.4 Å². The molecule has 20 heavy (non-hydrogen) atoms. The lowest BCUT2D eigenvalue weighted by atomic mass is 10.0. The molecule has 2 N–H and O–H groups in total. The number of benzene rings is 2. The molecule has 3 rings (SSSR count). The van der Waals surface area contributed by atoms with Crippen molar-refractivity contribution < 1.29 is 8.81 Å². The zero-order valence-corrected chi connectivity index (χ0v) is 12.4. The average Bonchev–Trinajstić information content (AvgIpc) is 2.86. The SMILES string of the molecule is Cc1cc(C(N)c2cc3cccc(F)c3o2)ccc1Br. The van der Waals surface area contributed by atoms with E-state index in [0.29, 0.717) is 5.76 Å². The second-order valence-corrected chi connectivity index (χ2v) is 5.65. The third-order valence-electron chi connectivity index (χ3n) is 3.36. The summed E-state index contributed by atoms with van der Waals surface area (Å²) in [4.78, 5) is 0. The Morgan fingerprint density at radius 1 is 1.20 bits per heavy atom. The van der Waals surface area contributed by atoms with Crippen LogP contribution in [0, 0.1) is 12.7 Å². The molecule has 0 aliphatic rings. The Bertz CT molecular complexity index is 781. The second-order valence-electron chi connectivity index (χ2n) is 4.79. The van der Waals surface area contributed by atoms with E-state index in [9.17, 15) is 4.39 Å². The molecule has 4 heteroatoms. The molecule has 1 aromatic heterocycles. The van der Waals surface area contributed by atoms with Crippen molar-refractivity contribution in [1.82, 2.24) is 0 Å². The zero-order valence-electron chi connectivity index (χ0n) is 10.9. The van der Waals surface area contributed by atoms with Gasteiger partial charge in [-0.15, -0.1) is 0 Å². The van der Waals surface area contributed by atoms with Gasteiger partial charge in [0, 0.05) is 9.86 Å². The lowest BCUT2D eigenvalue weighted by Crippen LogP contribution is -2.11. The molecule has 0 saturated carbocycles. The minimum absolute atomic E-state index is 0.256. The highest BCUT2D eigenvalue weighted by molar-refractivity contribution is 9.10. The van der Waals surface area contributed by atoms with E-state index >= 15 is 0 Å². The van der Waals surface area contributed by atoms with Crippen LogP contribution in [0.15, 0.2) is 51.4 Å². The number of rotatable bonds is 2. The fourth-order valence-corrected chi connectivity index (χ4v) is 2.47. The van der Waals surface area contributed by atoms with Crippen molar-refractivity contribution >= 4 is 26.9 Å². The first-order valence-electron chi connectivity index (χ1n) is 6.26. The van der Waals surface area contributed by atoms with Crippen molar-refractivity contribution in [2.45, 2.75) is 13.0 Å². The lowest BCUT2D eigenvalue weighted by Gasteiger charge is -2.10. The van der Waals surface area contributed by atoms with Crippen LogP contribution in [0.1, 0.15) is 22.9 Å². The van der Waals surface area contributed by atoms with Gasteiger partial charge in [0.15, 0.2) is 11.4 Å². The molecule has 2 nitrogen and oxygen atoms in total. The Kier molecular flexibility index (Phi) is 3.36. The molecule has 0 fully saturated rings. The third kappa shape index (κ3) is 2.25. The fourth-order valence-electron chi connectivity index (χ4n) is 2.23. The molecule has 0 aliphatic carbocycles. The molecule has 0 amide bonds. The van der Waals surface area contributed by atoms with Crippen molar-refractivity contribution in [1.29, 1.82) is 0 Å². The zero-order chi connectivity index (χ0) is 14.3. The average molecular weight is 334 g/mol. The minimum atomic E-state index is -0.409. The van der Waals surface area contributed by atoms with E-state index in [1.165, 1.54) is 6.07 Å². The van der Waals surface area contributed by atoms with Crippen LogP contribution < -0.4 is 5.73 Å². The third-order valence-corrected chi connectivity index (χ3v) is 4.25. The molecular formula is C16H13BrFNO. The van der Waals surface area contributed by atoms with Gasteiger partial charge in [-0.2, -0.15) is 0 Å². The lowest BCUT2D eigenvalue weighted by molar-refractivity contribution is 0.502. The molecule has 0 spiro atoms. The standard InChI is InChI=1S/C16H13BrFNO/c1-9-7-10(5-6-12(9)17)15(19)14-8-11-3-2-4-13(18)16(11)20-14/h2-8,15H,19H2,1H3. The van der Waals surface area contributed by atoms with Gasteiger partial charge >= 0.3 is 0 Å². The van der Waals surface area contributed by atoms with E-state index in [0.717, 1.165) is 21.0 Å². The van der Waals surface area contributed by atoms with Gasteiger partial charge in [-0.1, -0.05) is 40.2 Å². The van der Waals surface area contributed by atoms with Crippen LogP contribution in [0.3, 0.4) is 0 Å². The Hall–Kier alpha value is -1.65. The molecule has 2 aromatic carbocycles. The summed E-state index contributed by atoms with van der Waals surface area (Å²) in [7, 11) is 0. The van der Waals surface area contributed by atoms with Crippen LogP contribution in [-0.4, -0.2) is 0 Å². The Morgan fingerprint density at radius 3 is 2.70 bits per heavy atom. The number of hydrogen-bond donors (Lipinski definition) is 1. The summed E-state index contributed by atoms with van der Waals surface area (Å²) in [5, 5.41) is 0.726. The summed E-state index contributed by atoms with van der Waals surface area (Å²) in [6.45, 7) is 2.00. The molecular weight excluding hydrogens is 321 g/mol. The number of halogens is 2. The summed E-state index contributed by atoms with van der Waals surface area (Å²) >= 11 is 3.46. The highest BCUT2D eigenvalue weighted by Crippen LogP contribution is 2.29. The van der Waals surface area contributed by atoms with Crippen molar-refractivity contribution in [2.75, 3.05) is 0 Å². The number of nitrogens with two attached hydrogens (primary N) is 1. The summed E-state index contributed by atoms with van der Waals surface area (Å²) < 4.78 is 20.2. The summed E-state index contributed by atoms with van der Waals surface area (Å²) in [6.07, 6.45) is 0. The quantitative estimate of drug-likeness (QED) is 0.738. The summed E-state index contributed by atoms with van der Waals surface area (Å²) in [5.74, 6) is 0.194. The topological polar surface area (TPSA) is 39.2 Å². The van der Waals surface area contributed by atoms with Gasteiger partial charge in [0.05, 0.1) is 6.04 Å². The Morgan fingerprint density at radius 2 is 2.00 bits per heavy atom. The molecule has 0 radical (unpaired) electrons. The first-order chi connectivity index (χ1) is 9.56. The van der Waals surface area contributed by atoms with Crippen LogP contribution in [0.5, 0.6) is 0 Å². The number of aryl methyl sites for hydroxylation is 1. The monoisotopic (exact) mass is 333 g/mol. The van der Waals surface area contributed by atoms with Gasteiger partial charge in [-0.25, -0.2) is 4.39 Å². The molecule has 3 aromatic rings. The maximum Gasteiger partial charge on any atom is 0.169 e. The van der Waals surface area contributed by atoms with E-state index in [4.69, 9.17) is 10.2 Å². The molecule has 0 aliphatic heterocycles. The number of fused-ring (bicyclic) bond motifs is 1. The maximum absolute atomic E-state index is 13.6. The smallest absolute Gasteiger partial charge is 0.169 e. The highest BCUT2D eigenvalue weighted by Gasteiger charge is 2.16. The molecule has 0 saturated heterocycles. The van der Waals surface area contributed by atoms with Gasteiger partial charge < -0.3 is 10.2 Å². The molecule has 1 heterocycles. The molecule has 102 valence electrons. The number of hydrogen-bond acceptors (Lipinski definition) is 2. The predicted octanol–water partition coefficient (Wildman–Crippen LogP) is 4.69. The first kappa shape index (κ1) is 13.3. The van der Waals surface area contributed by atoms with Crippen LogP contribution in [0.25, 0.3) is 11.0 Å². The Balaban J connectivity index is 2.05. The first-order valence-corrected chi connectivity index (χ1v) is 7.05. The normalized spacial score (nSPS) is 12.8. The number of furan rings is 1. The molecule has 1 unspecified atom stereocenters. The van der Waals surface area contributed by atoms with E-state index in [1.807, 2.05) is 31.2 Å². The van der Waals surface area contributed by atoms with Crippen molar-refractivity contribution in [3.05, 3.63) is 69.6 Å². The second kappa shape index (κ2) is 5.04. The van der Waals surface area contributed by atoms with Crippen LogP contribution in [0.4, 0.5) is 4.39 Å². The van der Waals surface area contributed by atoms with E-state index in [2.05, 4.69) is 15.9 Å². The van der Waals surface area contributed by atoms with Gasteiger partial charge in [0.25, 0.3) is 0 Å². The highest BCUT2D eigenvalue weighted by atomic mass is 79.9. The van der Waals surface area contributed by atoms with Crippen molar-refractivity contribution in [2.24, 2.45) is 5.73 Å². The van der Waals surface area contributed by atoms with E-state index in [1.54, 1.807) is 12.1 Å². The number of para-hydroxylation sites is 1. The Labute approximate surface area is 124 Å². The van der Waals surface area contributed by atoms with Gasteiger partial charge in [0.1, 0.15) is 5.76 Å². The summed E-state index contributed by atoms with van der Waals surface area (Å²) in [6, 6.07) is 12.1. The van der Waals surface area contributed by atoms with Crippen LogP contribution in [-0.2, 0) is 0 Å². The predicted molar refractivity (Wildman–Crippen MR) is 81.1 cm³/mol.